The molecule has 1 atom stereocenters. The normalized spacial score (nSPS) is 12.5. The van der Waals surface area contributed by atoms with Crippen LogP contribution in [0.1, 0.15) is 36.0 Å². The third kappa shape index (κ3) is 3.05. The first kappa shape index (κ1) is 11.7. The van der Waals surface area contributed by atoms with Gasteiger partial charge in [-0.1, -0.05) is 25.1 Å². The summed E-state index contributed by atoms with van der Waals surface area (Å²) in [6.45, 7) is 3.25. The molecule has 1 rings (SSSR count). The summed E-state index contributed by atoms with van der Waals surface area (Å²) < 4.78 is 12.4. The van der Waals surface area contributed by atoms with E-state index >= 15 is 0 Å². The zero-order valence-electron chi connectivity index (χ0n) is 8.96. The molecule has 0 heterocycles. The molecule has 0 amide bonds. The summed E-state index contributed by atoms with van der Waals surface area (Å²) in [5.41, 5.74) is 2.54. The number of hydrogen-bond acceptors (Lipinski definition) is 1. The largest absolute Gasteiger partial charge is 0.481 e. The second kappa shape index (κ2) is 4.91. The molecule has 0 saturated heterocycles. The monoisotopic (exact) mass is 210 g/mol. The lowest BCUT2D eigenvalue weighted by Gasteiger charge is -2.13. The first-order valence-electron chi connectivity index (χ1n) is 4.91. The molecule has 15 heavy (non-hydrogen) atoms. The summed E-state index contributed by atoms with van der Waals surface area (Å²) in [5, 5.41) is 8.69. The van der Waals surface area contributed by atoms with E-state index in [9.17, 15) is 9.18 Å². The third-order valence-corrected chi connectivity index (χ3v) is 2.51. The predicted molar refractivity (Wildman–Crippen MR) is 56.7 cm³/mol. The van der Waals surface area contributed by atoms with Crippen molar-refractivity contribution in [1.29, 1.82) is 0 Å². The Morgan fingerprint density at radius 2 is 2.20 bits per heavy atom. The molecule has 0 bridgehead atoms. The first-order valence-corrected chi connectivity index (χ1v) is 4.91. The summed E-state index contributed by atoms with van der Waals surface area (Å²) in [6.07, 6.45) is 0.0799. The zero-order valence-corrected chi connectivity index (χ0v) is 8.96. The zero-order chi connectivity index (χ0) is 11.4. The van der Waals surface area contributed by atoms with E-state index in [4.69, 9.17) is 5.11 Å². The average molecular weight is 210 g/mol. The minimum atomic E-state index is -0.826. The number of carboxylic acid groups (broad SMARTS) is 1. The number of alkyl halides is 1. The summed E-state index contributed by atoms with van der Waals surface area (Å²) in [5.74, 6) is -0.901. The van der Waals surface area contributed by atoms with Crippen LogP contribution in [-0.2, 0) is 11.5 Å². The van der Waals surface area contributed by atoms with E-state index in [0.717, 1.165) is 11.1 Å². The molecular formula is C12H15FO2. The van der Waals surface area contributed by atoms with Gasteiger partial charge in [-0.05, 0) is 29.5 Å². The van der Waals surface area contributed by atoms with Crippen molar-refractivity contribution >= 4 is 5.97 Å². The molecule has 82 valence electrons. The second-order valence-corrected chi connectivity index (χ2v) is 3.82. The van der Waals surface area contributed by atoms with Crippen molar-refractivity contribution in [3.63, 3.8) is 0 Å². The lowest BCUT2D eigenvalue weighted by Crippen LogP contribution is -2.04. The maximum Gasteiger partial charge on any atom is 0.303 e. The minimum Gasteiger partial charge on any atom is -0.481 e. The maximum atomic E-state index is 12.4. The molecular weight excluding hydrogens is 195 g/mol. The Morgan fingerprint density at radius 1 is 1.53 bits per heavy atom. The Morgan fingerprint density at radius 3 is 2.73 bits per heavy atom. The predicted octanol–water partition coefficient (Wildman–Crippen LogP) is 3.04. The van der Waals surface area contributed by atoms with Gasteiger partial charge in [0.15, 0.2) is 0 Å². The molecule has 0 aromatic heterocycles. The average Bonchev–Trinajstić information content (AvgIpc) is 2.17. The van der Waals surface area contributed by atoms with Gasteiger partial charge in [-0.2, -0.15) is 0 Å². The van der Waals surface area contributed by atoms with Crippen LogP contribution in [0.15, 0.2) is 18.2 Å². The molecule has 0 aliphatic carbocycles. The van der Waals surface area contributed by atoms with Gasteiger partial charge in [-0.25, -0.2) is 4.39 Å². The van der Waals surface area contributed by atoms with E-state index in [1.807, 2.05) is 19.9 Å². The molecule has 0 fully saturated rings. The number of carbonyl (C=O) groups is 1. The van der Waals surface area contributed by atoms with Crippen LogP contribution in [0.5, 0.6) is 0 Å². The molecule has 0 radical (unpaired) electrons. The van der Waals surface area contributed by atoms with Gasteiger partial charge in [-0.3, -0.25) is 4.79 Å². The maximum absolute atomic E-state index is 12.4. The number of halogens is 1. The van der Waals surface area contributed by atoms with E-state index < -0.39 is 12.6 Å². The van der Waals surface area contributed by atoms with Crippen LogP contribution in [0.25, 0.3) is 0 Å². The van der Waals surface area contributed by atoms with E-state index in [-0.39, 0.29) is 12.3 Å². The van der Waals surface area contributed by atoms with Crippen molar-refractivity contribution in [3.05, 3.63) is 34.9 Å². The fourth-order valence-corrected chi connectivity index (χ4v) is 1.68. The fraction of sp³-hybridized carbons (Fsp3) is 0.417. The smallest absolute Gasteiger partial charge is 0.303 e. The van der Waals surface area contributed by atoms with E-state index in [2.05, 4.69) is 0 Å². The first-order chi connectivity index (χ1) is 7.04. The number of aliphatic carboxylic acids is 1. The Bertz CT molecular complexity index is 361. The molecule has 3 heteroatoms. The molecule has 1 unspecified atom stereocenters. The standard InChI is InChI=1S/C12H15FO2/c1-8-3-4-10(7-13)6-11(8)9(2)5-12(14)15/h3-4,6,9H,5,7H2,1-2H3,(H,14,15). The van der Waals surface area contributed by atoms with Gasteiger partial charge < -0.3 is 5.11 Å². The van der Waals surface area contributed by atoms with Crippen LogP contribution in [0.2, 0.25) is 0 Å². The van der Waals surface area contributed by atoms with Crippen LogP contribution < -0.4 is 0 Å². The Labute approximate surface area is 88.7 Å². The van der Waals surface area contributed by atoms with Gasteiger partial charge in [0.1, 0.15) is 6.67 Å². The van der Waals surface area contributed by atoms with Crippen molar-refractivity contribution in [1.82, 2.24) is 0 Å². The number of benzene rings is 1. The topological polar surface area (TPSA) is 37.3 Å². The lowest BCUT2D eigenvalue weighted by molar-refractivity contribution is -0.137. The number of carboxylic acids is 1. The third-order valence-electron chi connectivity index (χ3n) is 2.51. The lowest BCUT2D eigenvalue weighted by atomic mass is 9.92. The van der Waals surface area contributed by atoms with Gasteiger partial charge in [-0.15, -0.1) is 0 Å². The highest BCUT2D eigenvalue weighted by molar-refractivity contribution is 5.68. The molecule has 1 N–H and O–H groups in total. The summed E-state index contributed by atoms with van der Waals surface area (Å²) in [4.78, 5) is 10.6. The molecule has 0 aliphatic heterocycles. The Hall–Kier alpha value is -1.38. The highest BCUT2D eigenvalue weighted by Crippen LogP contribution is 2.24. The van der Waals surface area contributed by atoms with E-state index in [1.54, 1.807) is 12.1 Å². The highest BCUT2D eigenvalue weighted by Gasteiger charge is 2.12. The summed E-state index contributed by atoms with van der Waals surface area (Å²) in [6, 6.07) is 5.32. The number of hydrogen-bond donors (Lipinski definition) is 1. The van der Waals surface area contributed by atoms with Crippen molar-refractivity contribution in [2.75, 3.05) is 0 Å². The summed E-state index contributed by atoms with van der Waals surface area (Å²) >= 11 is 0. The molecule has 1 aromatic carbocycles. The molecule has 2 nitrogen and oxygen atoms in total. The quantitative estimate of drug-likeness (QED) is 0.829. The Kier molecular flexibility index (Phi) is 3.83. The number of aryl methyl sites for hydroxylation is 1. The van der Waals surface area contributed by atoms with Gasteiger partial charge in [0.05, 0.1) is 6.42 Å². The van der Waals surface area contributed by atoms with E-state index in [0.29, 0.717) is 5.56 Å². The van der Waals surface area contributed by atoms with Gasteiger partial charge in [0.25, 0.3) is 0 Å². The highest BCUT2D eigenvalue weighted by atomic mass is 19.1. The van der Waals surface area contributed by atoms with Crippen LogP contribution in [0, 0.1) is 6.92 Å². The minimum absolute atomic E-state index is 0.0750. The molecule has 0 saturated carbocycles. The van der Waals surface area contributed by atoms with Gasteiger partial charge >= 0.3 is 5.97 Å². The van der Waals surface area contributed by atoms with Crippen LogP contribution in [0.3, 0.4) is 0 Å². The Balaban J connectivity index is 2.95. The van der Waals surface area contributed by atoms with Crippen LogP contribution >= 0.6 is 0 Å². The molecule has 0 spiro atoms. The van der Waals surface area contributed by atoms with Crippen molar-refractivity contribution in [3.8, 4) is 0 Å². The number of rotatable bonds is 4. The van der Waals surface area contributed by atoms with Gasteiger partial charge in [0.2, 0.25) is 0 Å². The van der Waals surface area contributed by atoms with Crippen molar-refractivity contribution in [2.24, 2.45) is 0 Å². The second-order valence-electron chi connectivity index (χ2n) is 3.82. The molecule has 1 aromatic rings. The van der Waals surface area contributed by atoms with Crippen LogP contribution in [0.4, 0.5) is 4.39 Å². The van der Waals surface area contributed by atoms with Crippen molar-refractivity contribution in [2.45, 2.75) is 32.9 Å². The van der Waals surface area contributed by atoms with Crippen LogP contribution in [-0.4, -0.2) is 11.1 Å². The van der Waals surface area contributed by atoms with E-state index in [1.165, 1.54) is 0 Å². The SMILES string of the molecule is Cc1ccc(CF)cc1C(C)CC(=O)O. The fourth-order valence-electron chi connectivity index (χ4n) is 1.68. The molecule has 0 aliphatic rings. The summed E-state index contributed by atoms with van der Waals surface area (Å²) in [7, 11) is 0. The van der Waals surface area contributed by atoms with Crippen molar-refractivity contribution < 1.29 is 14.3 Å². The van der Waals surface area contributed by atoms with Gasteiger partial charge in [0, 0.05) is 0 Å².